The van der Waals surface area contributed by atoms with Gasteiger partial charge in [0.05, 0.1) is 11.5 Å². The molecule has 0 aliphatic carbocycles. The molecule has 0 radical (unpaired) electrons. The third kappa shape index (κ3) is 5.32. The number of nitrogens with one attached hydrogen (secondary N) is 1. The van der Waals surface area contributed by atoms with Crippen LogP contribution in [-0.2, 0) is 14.6 Å². The van der Waals surface area contributed by atoms with Crippen LogP contribution in [0.1, 0.15) is 17.3 Å². The Hall–Kier alpha value is -2.87. The van der Waals surface area contributed by atoms with Crippen molar-refractivity contribution in [1.29, 1.82) is 0 Å². The fourth-order valence-corrected chi connectivity index (χ4v) is 2.80. The third-order valence-corrected chi connectivity index (χ3v) is 4.42. The summed E-state index contributed by atoms with van der Waals surface area (Å²) >= 11 is 0. The van der Waals surface area contributed by atoms with Crippen molar-refractivity contribution in [3.05, 3.63) is 48.0 Å². The van der Waals surface area contributed by atoms with Crippen LogP contribution in [0.2, 0.25) is 0 Å². The van der Waals surface area contributed by atoms with Gasteiger partial charge in [-0.25, -0.2) is 8.42 Å². The molecule has 0 aromatic heterocycles. The summed E-state index contributed by atoms with van der Waals surface area (Å²) in [6.45, 7) is 1.87. The van der Waals surface area contributed by atoms with Crippen molar-refractivity contribution >= 4 is 27.7 Å². The molecule has 2 rings (SSSR count). The molecule has 0 spiro atoms. The molecular weight excluding hydrogens is 358 g/mol. The zero-order valence-electron chi connectivity index (χ0n) is 14.4. The molecule has 0 fully saturated rings. The van der Waals surface area contributed by atoms with E-state index in [0.717, 1.165) is 6.26 Å². The van der Waals surface area contributed by atoms with E-state index in [9.17, 15) is 18.0 Å². The van der Waals surface area contributed by atoms with Crippen molar-refractivity contribution in [3.8, 4) is 11.5 Å². The monoisotopic (exact) mass is 377 g/mol. The van der Waals surface area contributed by atoms with Gasteiger partial charge in [-0.3, -0.25) is 9.59 Å². The molecule has 8 heteroatoms. The number of carbonyl (C=O) groups excluding carboxylic acids is 2. The molecule has 0 heterocycles. The fourth-order valence-electron chi connectivity index (χ4n) is 2.13. The first-order valence-electron chi connectivity index (χ1n) is 7.78. The number of benzene rings is 2. The van der Waals surface area contributed by atoms with Crippen molar-refractivity contribution in [2.24, 2.45) is 0 Å². The number of anilines is 1. The maximum absolute atomic E-state index is 12.1. The minimum absolute atomic E-state index is 0.110. The normalized spacial score (nSPS) is 10.8. The highest BCUT2D eigenvalue weighted by molar-refractivity contribution is 7.90. The standard InChI is InChI=1S/C18H19NO6S/c1-3-24-17-9-13(11-20)7-8-16(17)25-12-18(21)19-14-5-4-6-15(10-14)26(2,22)23/h4-11H,3,12H2,1-2H3,(H,19,21). The van der Waals surface area contributed by atoms with Crippen LogP contribution in [0.5, 0.6) is 11.5 Å². The lowest BCUT2D eigenvalue weighted by molar-refractivity contribution is -0.118. The molecule has 7 nitrogen and oxygen atoms in total. The lowest BCUT2D eigenvalue weighted by Crippen LogP contribution is -2.20. The first kappa shape index (κ1) is 19.5. The summed E-state index contributed by atoms with van der Waals surface area (Å²) in [4.78, 5) is 23.0. The van der Waals surface area contributed by atoms with Gasteiger partial charge in [0.15, 0.2) is 27.9 Å². The number of ether oxygens (including phenoxy) is 2. The lowest BCUT2D eigenvalue weighted by Gasteiger charge is -2.12. The first-order valence-corrected chi connectivity index (χ1v) is 9.67. The number of hydrogen-bond acceptors (Lipinski definition) is 6. The zero-order valence-corrected chi connectivity index (χ0v) is 15.2. The summed E-state index contributed by atoms with van der Waals surface area (Å²) in [6.07, 6.45) is 1.78. The van der Waals surface area contributed by atoms with E-state index in [0.29, 0.717) is 35.6 Å². The molecule has 1 amide bonds. The van der Waals surface area contributed by atoms with Crippen molar-refractivity contribution in [3.63, 3.8) is 0 Å². The van der Waals surface area contributed by atoms with Crippen molar-refractivity contribution in [2.75, 3.05) is 24.8 Å². The summed E-state index contributed by atoms with van der Waals surface area (Å²) in [5, 5.41) is 2.57. The minimum atomic E-state index is -3.36. The van der Waals surface area contributed by atoms with Gasteiger partial charge in [0.2, 0.25) is 0 Å². The number of carbonyl (C=O) groups is 2. The molecule has 138 valence electrons. The Morgan fingerprint density at radius 3 is 2.54 bits per heavy atom. The van der Waals surface area contributed by atoms with Crippen LogP contribution < -0.4 is 14.8 Å². The number of hydrogen-bond donors (Lipinski definition) is 1. The van der Waals surface area contributed by atoms with E-state index in [-0.39, 0.29) is 11.5 Å². The summed E-state index contributed by atoms with van der Waals surface area (Å²) < 4.78 is 34.0. The van der Waals surface area contributed by atoms with E-state index < -0.39 is 15.7 Å². The van der Waals surface area contributed by atoms with E-state index in [4.69, 9.17) is 9.47 Å². The largest absolute Gasteiger partial charge is 0.490 e. The molecule has 2 aromatic rings. The highest BCUT2D eigenvalue weighted by Crippen LogP contribution is 2.28. The van der Waals surface area contributed by atoms with Crippen molar-refractivity contribution in [1.82, 2.24) is 0 Å². The number of amides is 1. The third-order valence-electron chi connectivity index (χ3n) is 3.31. The molecule has 0 unspecified atom stereocenters. The van der Waals surface area contributed by atoms with Crippen molar-refractivity contribution < 1.29 is 27.5 Å². The van der Waals surface area contributed by atoms with Crippen LogP contribution in [0.25, 0.3) is 0 Å². The Bertz CT molecular complexity index is 908. The Kier molecular flexibility index (Phi) is 6.35. The van der Waals surface area contributed by atoms with Crippen molar-refractivity contribution in [2.45, 2.75) is 11.8 Å². The van der Waals surface area contributed by atoms with Crippen LogP contribution in [0.15, 0.2) is 47.4 Å². The van der Waals surface area contributed by atoms with Gasteiger partial charge in [-0.2, -0.15) is 0 Å². The van der Waals surface area contributed by atoms with Crippen LogP contribution in [0, 0.1) is 0 Å². The lowest BCUT2D eigenvalue weighted by atomic mass is 10.2. The SMILES string of the molecule is CCOc1cc(C=O)ccc1OCC(=O)Nc1cccc(S(C)(=O)=O)c1. The van der Waals surface area contributed by atoms with Gasteiger partial charge >= 0.3 is 0 Å². The van der Waals surface area contributed by atoms with Crippen LogP contribution >= 0.6 is 0 Å². The second-order valence-electron chi connectivity index (χ2n) is 5.39. The zero-order chi connectivity index (χ0) is 19.2. The van der Waals surface area contributed by atoms with E-state index in [1.165, 1.54) is 24.3 Å². The number of sulfone groups is 1. The Balaban J connectivity index is 2.04. The average molecular weight is 377 g/mol. The minimum Gasteiger partial charge on any atom is -0.490 e. The average Bonchev–Trinajstić information content (AvgIpc) is 2.60. The number of aldehydes is 1. The maximum Gasteiger partial charge on any atom is 0.262 e. The molecule has 0 bridgehead atoms. The fraction of sp³-hybridized carbons (Fsp3) is 0.222. The molecule has 0 aliphatic rings. The van der Waals surface area contributed by atoms with Gasteiger partial charge in [0.25, 0.3) is 5.91 Å². The van der Waals surface area contributed by atoms with Gasteiger partial charge in [-0.05, 0) is 43.3 Å². The topological polar surface area (TPSA) is 98.8 Å². The van der Waals surface area contributed by atoms with Crippen LogP contribution in [0.3, 0.4) is 0 Å². The summed E-state index contributed by atoms with van der Waals surface area (Å²) in [7, 11) is -3.36. The second kappa shape index (κ2) is 8.48. The van der Waals surface area contributed by atoms with Gasteiger partial charge < -0.3 is 14.8 Å². The van der Waals surface area contributed by atoms with Gasteiger partial charge in [-0.1, -0.05) is 6.07 Å². The van der Waals surface area contributed by atoms with Gasteiger partial charge in [0.1, 0.15) is 6.29 Å². The Morgan fingerprint density at radius 2 is 1.88 bits per heavy atom. The summed E-state index contributed by atoms with van der Waals surface area (Å²) in [5.74, 6) is 0.235. The smallest absolute Gasteiger partial charge is 0.262 e. The Morgan fingerprint density at radius 1 is 1.12 bits per heavy atom. The second-order valence-corrected chi connectivity index (χ2v) is 7.41. The van der Waals surface area contributed by atoms with E-state index >= 15 is 0 Å². The molecule has 0 saturated heterocycles. The molecule has 0 atom stereocenters. The molecule has 0 saturated carbocycles. The van der Waals surface area contributed by atoms with Crippen LogP contribution in [0.4, 0.5) is 5.69 Å². The number of rotatable bonds is 8. The maximum atomic E-state index is 12.1. The highest BCUT2D eigenvalue weighted by Gasteiger charge is 2.11. The van der Waals surface area contributed by atoms with E-state index in [2.05, 4.69) is 5.32 Å². The quantitative estimate of drug-likeness (QED) is 0.709. The first-order chi connectivity index (χ1) is 12.3. The molecule has 26 heavy (non-hydrogen) atoms. The molecule has 2 aromatic carbocycles. The van der Waals surface area contributed by atoms with E-state index in [1.54, 1.807) is 25.1 Å². The van der Waals surface area contributed by atoms with E-state index in [1.807, 2.05) is 0 Å². The molecule has 0 aliphatic heterocycles. The Labute approximate surface area is 151 Å². The predicted molar refractivity (Wildman–Crippen MR) is 96.7 cm³/mol. The van der Waals surface area contributed by atoms with Gasteiger partial charge in [0, 0.05) is 17.5 Å². The predicted octanol–water partition coefficient (Wildman–Crippen LogP) is 2.32. The van der Waals surface area contributed by atoms with Crippen LogP contribution in [-0.4, -0.2) is 40.1 Å². The summed E-state index contributed by atoms with van der Waals surface area (Å²) in [5.41, 5.74) is 0.783. The summed E-state index contributed by atoms with van der Waals surface area (Å²) in [6, 6.07) is 10.6. The highest BCUT2D eigenvalue weighted by atomic mass is 32.2. The molecule has 1 N–H and O–H groups in total. The van der Waals surface area contributed by atoms with Gasteiger partial charge in [-0.15, -0.1) is 0 Å². The molecular formula is C18H19NO6S.